The van der Waals surface area contributed by atoms with E-state index in [2.05, 4.69) is 20.5 Å². The summed E-state index contributed by atoms with van der Waals surface area (Å²) in [4.78, 5) is 27.4. The molecular weight excluding hydrogens is 320 g/mol. The summed E-state index contributed by atoms with van der Waals surface area (Å²) in [6, 6.07) is 9.25. The number of esters is 1. The molecule has 1 amide bonds. The van der Waals surface area contributed by atoms with Crippen LogP contribution >= 0.6 is 0 Å². The molecule has 0 radical (unpaired) electrons. The first-order valence-electron chi connectivity index (χ1n) is 7.70. The number of nitrogens with zero attached hydrogens (tertiary/aromatic N) is 1. The minimum Gasteiger partial charge on any atom is -0.465 e. The summed E-state index contributed by atoms with van der Waals surface area (Å²) in [5.41, 5.74) is 4.29. The van der Waals surface area contributed by atoms with Crippen LogP contribution in [0.5, 0.6) is 0 Å². The highest BCUT2D eigenvalue weighted by atomic mass is 16.5. The van der Waals surface area contributed by atoms with Gasteiger partial charge in [0.2, 0.25) is 0 Å². The first kappa shape index (κ1) is 16.5. The van der Waals surface area contributed by atoms with Gasteiger partial charge in [0, 0.05) is 23.1 Å². The molecule has 128 valence electrons. The average molecular weight is 338 g/mol. The summed E-state index contributed by atoms with van der Waals surface area (Å²) in [6.07, 6.45) is 1.67. The molecule has 0 saturated heterocycles. The maximum atomic E-state index is 12.6. The third-order valence-electron chi connectivity index (χ3n) is 3.99. The molecule has 3 aromatic rings. The number of nitrogens with one attached hydrogen (secondary N) is 3. The van der Waals surface area contributed by atoms with E-state index >= 15 is 0 Å². The molecule has 7 heteroatoms. The highest BCUT2D eigenvalue weighted by Crippen LogP contribution is 2.23. The van der Waals surface area contributed by atoms with E-state index in [0.717, 1.165) is 11.3 Å². The minimum atomic E-state index is -0.466. The lowest BCUT2D eigenvalue weighted by molar-refractivity contribution is 0.0599. The van der Waals surface area contributed by atoms with Gasteiger partial charge in [0.25, 0.3) is 5.91 Å². The number of rotatable bonds is 4. The predicted molar refractivity (Wildman–Crippen MR) is 93.6 cm³/mol. The van der Waals surface area contributed by atoms with Crippen molar-refractivity contribution in [3.63, 3.8) is 0 Å². The molecule has 0 spiro atoms. The monoisotopic (exact) mass is 338 g/mol. The van der Waals surface area contributed by atoms with E-state index in [-0.39, 0.29) is 5.91 Å². The molecule has 0 bridgehead atoms. The van der Waals surface area contributed by atoms with Crippen LogP contribution in [0, 0.1) is 13.8 Å². The second-order valence-electron chi connectivity index (χ2n) is 5.62. The summed E-state index contributed by atoms with van der Waals surface area (Å²) in [5, 5.41) is 9.65. The number of anilines is 1. The molecule has 0 unspecified atom stereocenters. The van der Waals surface area contributed by atoms with E-state index in [9.17, 15) is 9.59 Å². The van der Waals surface area contributed by atoms with Gasteiger partial charge < -0.3 is 15.0 Å². The number of aromatic amines is 2. The van der Waals surface area contributed by atoms with Crippen molar-refractivity contribution in [2.75, 3.05) is 12.4 Å². The smallest absolute Gasteiger partial charge is 0.339 e. The Morgan fingerprint density at radius 1 is 1.20 bits per heavy atom. The van der Waals surface area contributed by atoms with Crippen molar-refractivity contribution in [1.82, 2.24) is 15.2 Å². The first-order chi connectivity index (χ1) is 12.0. The molecule has 1 aromatic carbocycles. The molecule has 3 rings (SSSR count). The van der Waals surface area contributed by atoms with Crippen molar-refractivity contribution >= 4 is 17.6 Å². The molecule has 0 fully saturated rings. The average Bonchev–Trinajstić information content (AvgIpc) is 3.23. The number of benzene rings is 1. The van der Waals surface area contributed by atoms with Crippen LogP contribution in [-0.2, 0) is 4.74 Å². The molecular formula is C18H18N4O3. The molecule has 0 aliphatic carbocycles. The second kappa shape index (κ2) is 6.64. The van der Waals surface area contributed by atoms with Crippen LogP contribution < -0.4 is 5.32 Å². The number of H-pyrrole nitrogens is 2. The van der Waals surface area contributed by atoms with Gasteiger partial charge >= 0.3 is 5.97 Å². The Labute approximate surface area is 144 Å². The van der Waals surface area contributed by atoms with Crippen molar-refractivity contribution in [2.45, 2.75) is 13.8 Å². The van der Waals surface area contributed by atoms with Gasteiger partial charge in [0.05, 0.1) is 18.4 Å². The van der Waals surface area contributed by atoms with Crippen LogP contribution in [0.15, 0.2) is 36.5 Å². The van der Waals surface area contributed by atoms with Gasteiger partial charge in [-0.2, -0.15) is 5.10 Å². The van der Waals surface area contributed by atoms with Crippen LogP contribution in [0.25, 0.3) is 11.3 Å². The van der Waals surface area contributed by atoms with E-state index in [1.165, 1.54) is 7.11 Å². The van der Waals surface area contributed by atoms with Gasteiger partial charge in [0.1, 0.15) is 5.69 Å². The third-order valence-corrected chi connectivity index (χ3v) is 3.99. The molecule has 0 aliphatic rings. The lowest BCUT2D eigenvalue weighted by Crippen LogP contribution is -2.14. The Morgan fingerprint density at radius 2 is 2.00 bits per heavy atom. The van der Waals surface area contributed by atoms with E-state index in [1.54, 1.807) is 26.1 Å². The Kier molecular flexibility index (Phi) is 4.38. The van der Waals surface area contributed by atoms with E-state index in [0.29, 0.717) is 28.2 Å². The van der Waals surface area contributed by atoms with Gasteiger partial charge in [-0.15, -0.1) is 0 Å². The number of hydrogen-bond donors (Lipinski definition) is 3. The Morgan fingerprint density at radius 3 is 2.68 bits per heavy atom. The SMILES string of the molecule is COC(=O)c1c(C)[nH]c(C(=O)Nc2cccc(-c3ccn[nH]3)c2)c1C. The van der Waals surface area contributed by atoms with Crippen LogP contribution in [0.4, 0.5) is 5.69 Å². The number of ether oxygens (including phenoxy) is 1. The fraction of sp³-hybridized carbons (Fsp3) is 0.167. The number of amides is 1. The van der Waals surface area contributed by atoms with E-state index in [4.69, 9.17) is 4.74 Å². The normalized spacial score (nSPS) is 10.5. The molecule has 0 atom stereocenters. The van der Waals surface area contributed by atoms with Crippen LogP contribution in [0.2, 0.25) is 0 Å². The van der Waals surface area contributed by atoms with Gasteiger partial charge in [0.15, 0.2) is 0 Å². The van der Waals surface area contributed by atoms with Crippen LogP contribution in [0.1, 0.15) is 32.1 Å². The number of aryl methyl sites for hydroxylation is 1. The van der Waals surface area contributed by atoms with Gasteiger partial charge in [-0.1, -0.05) is 12.1 Å². The molecule has 7 nitrogen and oxygen atoms in total. The largest absolute Gasteiger partial charge is 0.465 e. The molecule has 0 saturated carbocycles. The predicted octanol–water partition coefficient (Wildman–Crippen LogP) is 3.06. The number of aromatic nitrogens is 3. The third kappa shape index (κ3) is 3.16. The van der Waals surface area contributed by atoms with Crippen molar-refractivity contribution < 1.29 is 14.3 Å². The first-order valence-corrected chi connectivity index (χ1v) is 7.70. The molecule has 0 aliphatic heterocycles. The van der Waals surface area contributed by atoms with Crippen LogP contribution in [-0.4, -0.2) is 34.2 Å². The molecule has 25 heavy (non-hydrogen) atoms. The van der Waals surface area contributed by atoms with E-state index in [1.807, 2.05) is 24.3 Å². The molecule has 3 N–H and O–H groups in total. The van der Waals surface area contributed by atoms with Crippen molar-refractivity contribution in [3.8, 4) is 11.3 Å². The zero-order chi connectivity index (χ0) is 18.0. The van der Waals surface area contributed by atoms with Crippen molar-refractivity contribution in [2.24, 2.45) is 0 Å². The summed E-state index contributed by atoms with van der Waals surface area (Å²) >= 11 is 0. The number of carbonyl (C=O) groups excluding carboxylic acids is 2. The lowest BCUT2D eigenvalue weighted by atomic mass is 10.1. The highest BCUT2D eigenvalue weighted by Gasteiger charge is 2.22. The maximum absolute atomic E-state index is 12.6. The Balaban J connectivity index is 1.86. The fourth-order valence-electron chi connectivity index (χ4n) is 2.76. The summed E-state index contributed by atoms with van der Waals surface area (Å²) in [5.74, 6) is -0.788. The van der Waals surface area contributed by atoms with Gasteiger partial charge in [-0.3, -0.25) is 9.89 Å². The van der Waals surface area contributed by atoms with Crippen molar-refractivity contribution in [1.29, 1.82) is 0 Å². The van der Waals surface area contributed by atoms with Crippen LogP contribution in [0.3, 0.4) is 0 Å². The lowest BCUT2D eigenvalue weighted by Gasteiger charge is -2.07. The topological polar surface area (TPSA) is 99.9 Å². The minimum absolute atomic E-state index is 0.322. The highest BCUT2D eigenvalue weighted by molar-refractivity contribution is 6.07. The summed E-state index contributed by atoms with van der Waals surface area (Å²) in [7, 11) is 1.31. The number of methoxy groups -OCH3 is 1. The standard InChI is InChI=1S/C18H18N4O3/c1-10-15(18(24)25-3)11(2)20-16(10)17(23)21-13-6-4-5-12(9-13)14-7-8-19-22-14/h4-9,20H,1-3H3,(H,19,22)(H,21,23). The summed E-state index contributed by atoms with van der Waals surface area (Å²) < 4.78 is 4.77. The van der Waals surface area contributed by atoms with E-state index < -0.39 is 5.97 Å². The Bertz CT molecular complexity index is 926. The molecule has 2 aromatic heterocycles. The van der Waals surface area contributed by atoms with Gasteiger partial charge in [-0.05, 0) is 37.6 Å². The number of hydrogen-bond acceptors (Lipinski definition) is 4. The second-order valence-corrected chi connectivity index (χ2v) is 5.62. The van der Waals surface area contributed by atoms with Gasteiger partial charge in [-0.25, -0.2) is 4.79 Å². The summed E-state index contributed by atoms with van der Waals surface area (Å²) in [6.45, 7) is 3.45. The maximum Gasteiger partial charge on any atom is 0.339 e. The quantitative estimate of drug-likeness (QED) is 0.637. The molecule has 2 heterocycles. The zero-order valence-corrected chi connectivity index (χ0v) is 14.1. The zero-order valence-electron chi connectivity index (χ0n) is 14.1. The van der Waals surface area contributed by atoms with Crippen molar-refractivity contribution in [3.05, 3.63) is 59.0 Å². The fourth-order valence-corrected chi connectivity index (χ4v) is 2.76. The Hall–Kier alpha value is -3.35. The number of carbonyl (C=O) groups is 2.